The van der Waals surface area contributed by atoms with Crippen molar-refractivity contribution in [1.82, 2.24) is 5.32 Å². The van der Waals surface area contributed by atoms with Gasteiger partial charge in [-0.25, -0.2) is 4.39 Å². The molecule has 0 radical (unpaired) electrons. The molecule has 1 N–H and O–H groups in total. The second kappa shape index (κ2) is 5.97. The fourth-order valence-electron chi connectivity index (χ4n) is 1.99. The fourth-order valence-corrected chi connectivity index (χ4v) is 1.99. The number of nitrogens with one attached hydrogen (secondary N) is 1. The highest BCUT2D eigenvalue weighted by molar-refractivity contribution is 5.16. The molecule has 0 saturated carbocycles. The minimum atomic E-state index is -0.181. The summed E-state index contributed by atoms with van der Waals surface area (Å²) in [4.78, 5) is 0. The van der Waals surface area contributed by atoms with Crippen molar-refractivity contribution in [2.24, 2.45) is 0 Å². The minimum absolute atomic E-state index is 0.181. The second-order valence-electron chi connectivity index (χ2n) is 4.25. The summed E-state index contributed by atoms with van der Waals surface area (Å²) in [5, 5.41) is 3.40. The Balaban J connectivity index is 1.73. The van der Waals surface area contributed by atoms with Gasteiger partial charge < -0.3 is 10.1 Å². The maximum atomic E-state index is 13.3. The molecule has 0 aliphatic carbocycles. The van der Waals surface area contributed by atoms with Gasteiger partial charge in [-0.3, -0.25) is 0 Å². The Hall–Kier alpha value is -0.930. The summed E-state index contributed by atoms with van der Waals surface area (Å²) in [5.41, 5.74) is 0.637. The summed E-state index contributed by atoms with van der Waals surface area (Å²) in [6, 6.07) is 7.21. The number of rotatable bonds is 4. The Morgan fingerprint density at radius 3 is 2.94 bits per heavy atom. The Bertz CT molecular complexity index is 323. The van der Waals surface area contributed by atoms with Crippen LogP contribution in [0.3, 0.4) is 0 Å². The highest BCUT2D eigenvalue weighted by atomic mass is 19.1. The summed E-state index contributed by atoms with van der Waals surface area (Å²) in [6.07, 6.45) is 3.68. The number of hydrogen-bond acceptors (Lipinski definition) is 2. The quantitative estimate of drug-likeness (QED) is 0.846. The number of piperidine rings is 1. The maximum Gasteiger partial charge on any atom is 0.128 e. The molecule has 1 aromatic carbocycles. The lowest BCUT2D eigenvalue weighted by molar-refractivity contribution is 0.0893. The van der Waals surface area contributed by atoms with Crippen LogP contribution in [-0.4, -0.2) is 19.2 Å². The van der Waals surface area contributed by atoms with Crippen LogP contribution >= 0.6 is 0 Å². The van der Waals surface area contributed by atoms with E-state index in [4.69, 9.17) is 4.74 Å². The van der Waals surface area contributed by atoms with Gasteiger partial charge >= 0.3 is 0 Å². The van der Waals surface area contributed by atoms with Crippen LogP contribution in [0.15, 0.2) is 24.3 Å². The molecule has 88 valence electrons. The summed E-state index contributed by atoms with van der Waals surface area (Å²) in [7, 11) is 0. The van der Waals surface area contributed by atoms with Gasteiger partial charge in [-0.15, -0.1) is 0 Å². The smallest absolute Gasteiger partial charge is 0.128 e. The van der Waals surface area contributed by atoms with Crippen LogP contribution < -0.4 is 5.32 Å². The van der Waals surface area contributed by atoms with Crippen LogP contribution in [-0.2, 0) is 11.3 Å². The monoisotopic (exact) mass is 223 g/mol. The van der Waals surface area contributed by atoms with Crippen LogP contribution in [0.25, 0.3) is 0 Å². The molecule has 1 heterocycles. The largest absolute Gasteiger partial charge is 0.375 e. The zero-order chi connectivity index (χ0) is 11.2. The van der Waals surface area contributed by atoms with Crippen molar-refractivity contribution in [2.75, 3.05) is 13.2 Å². The number of hydrogen-bond donors (Lipinski definition) is 1. The zero-order valence-corrected chi connectivity index (χ0v) is 9.42. The van der Waals surface area contributed by atoms with Crippen molar-refractivity contribution in [3.8, 4) is 0 Å². The van der Waals surface area contributed by atoms with Crippen molar-refractivity contribution >= 4 is 0 Å². The van der Waals surface area contributed by atoms with Gasteiger partial charge in [0.2, 0.25) is 0 Å². The van der Waals surface area contributed by atoms with Gasteiger partial charge in [0.05, 0.1) is 13.2 Å². The molecule has 3 heteroatoms. The Kier molecular flexibility index (Phi) is 4.31. The van der Waals surface area contributed by atoms with Crippen molar-refractivity contribution in [2.45, 2.75) is 31.9 Å². The average Bonchev–Trinajstić information content (AvgIpc) is 2.33. The first kappa shape index (κ1) is 11.6. The Labute approximate surface area is 95.8 Å². The van der Waals surface area contributed by atoms with Crippen LogP contribution in [0.5, 0.6) is 0 Å². The van der Waals surface area contributed by atoms with Crippen LogP contribution in [0.2, 0.25) is 0 Å². The maximum absolute atomic E-state index is 13.3. The van der Waals surface area contributed by atoms with Crippen LogP contribution in [0, 0.1) is 5.82 Å². The van der Waals surface area contributed by atoms with Gasteiger partial charge in [0.25, 0.3) is 0 Å². The average molecular weight is 223 g/mol. The molecule has 0 spiro atoms. The third kappa shape index (κ3) is 3.29. The molecule has 0 amide bonds. The first-order chi connectivity index (χ1) is 7.86. The SMILES string of the molecule is Fc1ccccc1COC[C@@H]1CCCCN1. The van der Waals surface area contributed by atoms with E-state index in [1.807, 2.05) is 6.07 Å². The molecule has 2 rings (SSSR count). The predicted molar refractivity (Wildman–Crippen MR) is 61.7 cm³/mol. The van der Waals surface area contributed by atoms with Crippen molar-refractivity contribution in [3.05, 3.63) is 35.6 Å². The van der Waals surface area contributed by atoms with Gasteiger partial charge in [-0.2, -0.15) is 0 Å². The topological polar surface area (TPSA) is 21.3 Å². The van der Waals surface area contributed by atoms with Crippen LogP contribution in [0.4, 0.5) is 4.39 Å². The van der Waals surface area contributed by atoms with Gasteiger partial charge in [0.15, 0.2) is 0 Å². The standard InChI is InChI=1S/C13H18FNO/c14-13-7-2-1-5-11(13)9-16-10-12-6-3-4-8-15-12/h1-2,5,7,12,15H,3-4,6,8-10H2/t12-/m0/s1. The third-order valence-corrected chi connectivity index (χ3v) is 2.95. The first-order valence-corrected chi connectivity index (χ1v) is 5.91. The normalized spacial score (nSPS) is 20.9. The molecule has 1 atom stereocenters. The summed E-state index contributed by atoms with van der Waals surface area (Å²) < 4.78 is 18.8. The molecule has 1 aromatic rings. The summed E-state index contributed by atoms with van der Waals surface area (Å²) in [5.74, 6) is -0.181. The van der Waals surface area contributed by atoms with Crippen molar-refractivity contribution < 1.29 is 9.13 Å². The number of benzene rings is 1. The minimum Gasteiger partial charge on any atom is -0.375 e. The lowest BCUT2D eigenvalue weighted by Gasteiger charge is -2.23. The molecule has 1 fully saturated rings. The van der Waals surface area contributed by atoms with E-state index in [9.17, 15) is 4.39 Å². The first-order valence-electron chi connectivity index (χ1n) is 5.91. The molecule has 2 nitrogen and oxygen atoms in total. The van der Waals surface area contributed by atoms with E-state index in [1.165, 1.54) is 18.9 Å². The van der Waals surface area contributed by atoms with E-state index in [2.05, 4.69) is 5.32 Å². The molecular formula is C13H18FNO. The summed E-state index contributed by atoms with van der Waals surface area (Å²) in [6.45, 7) is 2.12. The second-order valence-corrected chi connectivity index (χ2v) is 4.25. The number of ether oxygens (including phenoxy) is 1. The Morgan fingerprint density at radius 1 is 1.31 bits per heavy atom. The van der Waals surface area contributed by atoms with Gasteiger partial charge in [0.1, 0.15) is 5.82 Å². The molecule has 0 unspecified atom stereocenters. The Morgan fingerprint density at radius 2 is 2.19 bits per heavy atom. The van der Waals surface area contributed by atoms with Crippen molar-refractivity contribution in [1.29, 1.82) is 0 Å². The molecule has 16 heavy (non-hydrogen) atoms. The molecule has 0 bridgehead atoms. The molecular weight excluding hydrogens is 205 g/mol. The number of halogens is 1. The lowest BCUT2D eigenvalue weighted by Crippen LogP contribution is -2.37. The fraction of sp³-hybridized carbons (Fsp3) is 0.538. The van der Waals surface area contributed by atoms with Crippen molar-refractivity contribution in [3.63, 3.8) is 0 Å². The van der Waals surface area contributed by atoms with E-state index in [-0.39, 0.29) is 5.82 Å². The molecule has 1 aliphatic rings. The van der Waals surface area contributed by atoms with E-state index in [0.717, 1.165) is 13.0 Å². The highest BCUT2D eigenvalue weighted by Crippen LogP contribution is 2.10. The molecule has 1 aliphatic heterocycles. The van der Waals surface area contributed by atoms with Gasteiger partial charge in [-0.05, 0) is 25.5 Å². The van der Waals surface area contributed by atoms with Gasteiger partial charge in [-0.1, -0.05) is 24.6 Å². The zero-order valence-electron chi connectivity index (χ0n) is 9.42. The van der Waals surface area contributed by atoms with E-state index in [0.29, 0.717) is 24.8 Å². The molecule has 0 aromatic heterocycles. The van der Waals surface area contributed by atoms with Crippen LogP contribution in [0.1, 0.15) is 24.8 Å². The summed E-state index contributed by atoms with van der Waals surface area (Å²) >= 11 is 0. The van der Waals surface area contributed by atoms with E-state index < -0.39 is 0 Å². The third-order valence-electron chi connectivity index (χ3n) is 2.95. The predicted octanol–water partition coefficient (Wildman–Crippen LogP) is 2.48. The highest BCUT2D eigenvalue weighted by Gasteiger charge is 2.12. The van der Waals surface area contributed by atoms with E-state index >= 15 is 0 Å². The lowest BCUT2D eigenvalue weighted by atomic mass is 10.1. The molecule has 1 saturated heterocycles. The van der Waals surface area contributed by atoms with E-state index in [1.54, 1.807) is 12.1 Å². The van der Waals surface area contributed by atoms with Gasteiger partial charge in [0, 0.05) is 11.6 Å².